The van der Waals surface area contributed by atoms with E-state index in [0.29, 0.717) is 18.4 Å². The molecule has 0 aliphatic heterocycles. The zero-order chi connectivity index (χ0) is 11.1. The number of amides is 1. The molecule has 0 aromatic rings. The first-order chi connectivity index (χ1) is 7.24. The Balaban J connectivity index is 0.00000225. The first-order valence-electron chi connectivity index (χ1n) is 6.18. The Hall–Kier alpha value is -0.790. The van der Waals surface area contributed by atoms with Crippen LogP contribution in [-0.2, 0) is 4.79 Å². The molecule has 1 rings (SSSR count). The third kappa shape index (κ3) is 4.50. The minimum absolute atomic E-state index is 0. The van der Waals surface area contributed by atoms with Crippen molar-refractivity contribution in [2.75, 3.05) is 6.54 Å². The van der Waals surface area contributed by atoms with E-state index >= 15 is 0 Å². The van der Waals surface area contributed by atoms with Crippen LogP contribution in [-0.4, -0.2) is 12.5 Å². The van der Waals surface area contributed by atoms with Crippen LogP contribution in [0, 0.1) is 11.8 Å². The smallest absolute Gasteiger partial charge is 0.223 e. The molecular weight excluding hydrogens is 186 g/mol. The molecule has 2 nitrogen and oxygen atoms in total. The topological polar surface area (TPSA) is 29.1 Å². The summed E-state index contributed by atoms with van der Waals surface area (Å²) in [6, 6.07) is 0. The second-order valence-electron chi connectivity index (χ2n) is 4.54. The minimum Gasteiger partial charge on any atom is -0.352 e. The fourth-order valence-corrected chi connectivity index (χ4v) is 1.93. The van der Waals surface area contributed by atoms with Gasteiger partial charge in [-0.25, -0.2) is 0 Å². The van der Waals surface area contributed by atoms with Gasteiger partial charge in [0.05, 0.1) is 0 Å². The molecule has 0 radical (unpaired) electrons. The molecule has 1 aliphatic carbocycles. The van der Waals surface area contributed by atoms with Gasteiger partial charge in [-0.2, -0.15) is 0 Å². The van der Waals surface area contributed by atoms with Gasteiger partial charge in [0.15, 0.2) is 0 Å². The highest BCUT2D eigenvalue weighted by atomic mass is 16.1. The quantitative estimate of drug-likeness (QED) is 0.695. The van der Waals surface area contributed by atoms with Gasteiger partial charge in [0.1, 0.15) is 0 Å². The van der Waals surface area contributed by atoms with Gasteiger partial charge >= 0.3 is 0 Å². The monoisotopic (exact) mass is 211 g/mol. The molecule has 2 heteroatoms. The molecule has 1 unspecified atom stereocenters. The number of hydrogen-bond donors (Lipinski definition) is 1. The molecule has 1 aliphatic rings. The molecule has 0 aromatic heterocycles. The van der Waals surface area contributed by atoms with Crippen molar-refractivity contribution in [2.45, 2.75) is 46.0 Å². The Labute approximate surface area is 94.6 Å². The van der Waals surface area contributed by atoms with E-state index < -0.39 is 0 Å². The number of rotatable bonds is 5. The fraction of sp³-hybridized carbons (Fsp3) is 0.769. The van der Waals surface area contributed by atoms with Crippen LogP contribution in [0.2, 0.25) is 0 Å². The van der Waals surface area contributed by atoms with Crippen molar-refractivity contribution in [3.63, 3.8) is 0 Å². The normalized spacial score (nSPS) is 19.6. The molecule has 0 spiro atoms. The molecule has 0 saturated heterocycles. The zero-order valence-electron chi connectivity index (χ0n) is 9.96. The van der Waals surface area contributed by atoms with Crippen molar-refractivity contribution in [2.24, 2.45) is 11.8 Å². The molecule has 0 heterocycles. The summed E-state index contributed by atoms with van der Waals surface area (Å²) in [6.07, 6.45) is 10.0. The number of allylic oxidation sites excluding steroid dienone is 1. The van der Waals surface area contributed by atoms with E-state index in [9.17, 15) is 4.79 Å². The lowest BCUT2D eigenvalue weighted by Gasteiger charge is -2.08. The summed E-state index contributed by atoms with van der Waals surface area (Å²) in [5.41, 5.74) is 0. The van der Waals surface area contributed by atoms with Gasteiger partial charge in [-0.05, 0) is 18.8 Å². The largest absolute Gasteiger partial charge is 0.352 e. The summed E-state index contributed by atoms with van der Waals surface area (Å²) in [6.45, 7) is 5.06. The summed E-state index contributed by atoms with van der Waals surface area (Å²) >= 11 is 0. The first kappa shape index (κ1) is 12.3. The summed E-state index contributed by atoms with van der Waals surface area (Å²) < 4.78 is 0. The van der Waals surface area contributed by atoms with Crippen LogP contribution in [0.25, 0.3) is 0 Å². The van der Waals surface area contributed by atoms with Gasteiger partial charge in [-0.1, -0.05) is 45.3 Å². The van der Waals surface area contributed by atoms with Crippen molar-refractivity contribution in [1.82, 2.24) is 5.32 Å². The maximum atomic E-state index is 11.6. The third-order valence-corrected chi connectivity index (χ3v) is 3.23. The standard InChI is InChI=1S/C13H23NO.H2/c1-3-11(2)7-6-10-14-13(15)12-8-4-5-9-12;/h6-7,11-12H,3-5,8-10H2,1-2H3,(H,14,15);1H/b7-6+;. The van der Waals surface area contributed by atoms with Crippen molar-refractivity contribution < 1.29 is 6.22 Å². The Morgan fingerprint density at radius 2 is 2.20 bits per heavy atom. The van der Waals surface area contributed by atoms with E-state index in [-0.39, 0.29) is 7.33 Å². The highest BCUT2D eigenvalue weighted by Gasteiger charge is 2.21. The molecular formula is C13H25NO. The zero-order valence-corrected chi connectivity index (χ0v) is 9.96. The summed E-state index contributed by atoms with van der Waals surface area (Å²) in [7, 11) is 0. The van der Waals surface area contributed by atoms with Gasteiger partial charge < -0.3 is 5.32 Å². The molecule has 1 saturated carbocycles. The average Bonchev–Trinajstić information content (AvgIpc) is 2.77. The Kier molecular flexibility index (Phi) is 5.44. The van der Waals surface area contributed by atoms with Gasteiger partial charge in [-0.15, -0.1) is 0 Å². The maximum absolute atomic E-state index is 11.6. The van der Waals surface area contributed by atoms with Crippen molar-refractivity contribution in [3.05, 3.63) is 12.2 Å². The Morgan fingerprint density at radius 1 is 1.53 bits per heavy atom. The molecule has 1 atom stereocenters. The van der Waals surface area contributed by atoms with Crippen molar-refractivity contribution in [1.29, 1.82) is 0 Å². The molecule has 1 amide bonds. The third-order valence-electron chi connectivity index (χ3n) is 3.23. The van der Waals surface area contributed by atoms with E-state index in [1.807, 2.05) is 0 Å². The summed E-state index contributed by atoms with van der Waals surface area (Å²) in [5, 5.41) is 2.98. The van der Waals surface area contributed by atoms with Gasteiger partial charge in [0, 0.05) is 13.9 Å². The Bertz CT molecular complexity index is 222. The minimum atomic E-state index is 0. The van der Waals surface area contributed by atoms with Crippen LogP contribution < -0.4 is 5.32 Å². The second kappa shape index (κ2) is 6.65. The number of carbonyl (C=O) groups excluding carboxylic acids is 1. The van der Waals surface area contributed by atoms with Crippen LogP contribution >= 0.6 is 0 Å². The van der Waals surface area contributed by atoms with E-state index in [2.05, 4.69) is 31.3 Å². The molecule has 1 N–H and O–H groups in total. The Morgan fingerprint density at radius 3 is 2.80 bits per heavy atom. The highest BCUT2D eigenvalue weighted by Crippen LogP contribution is 2.24. The van der Waals surface area contributed by atoms with Crippen LogP contribution in [0.1, 0.15) is 47.4 Å². The number of carbonyl (C=O) groups is 1. The van der Waals surface area contributed by atoms with E-state index in [1.165, 1.54) is 12.8 Å². The molecule has 0 bridgehead atoms. The van der Waals surface area contributed by atoms with Crippen LogP contribution in [0.5, 0.6) is 0 Å². The van der Waals surface area contributed by atoms with E-state index in [1.54, 1.807) is 0 Å². The highest BCUT2D eigenvalue weighted by molar-refractivity contribution is 5.78. The average molecular weight is 211 g/mol. The predicted molar refractivity (Wildman–Crippen MR) is 65.7 cm³/mol. The number of nitrogens with one attached hydrogen (secondary N) is 1. The molecule has 88 valence electrons. The second-order valence-corrected chi connectivity index (χ2v) is 4.54. The lowest BCUT2D eigenvalue weighted by atomic mass is 10.1. The first-order valence-corrected chi connectivity index (χ1v) is 6.18. The van der Waals surface area contributed by atoms with Crippen molar-refractivity contribution >= 4 is 5.91 Å². The molecule has 0 aromatic carbocycles. The van der Waals surface area contributed by atoms with E-state index in [0.717, 1.165) is 19.3 Å². The maximum Gasteiger partial charge on any atom is 0.223 e. The van der Waals surface area contributed by atoms with Crippen LogP contribution in [0.3, 0.4) is 0 Å². The molecule has 1 fully saturated rings. The van der Waals surface area contributed by atoms with Crippen LogP contribution in [0.4, 0.5) is 0 Å². The lowest BCUT2D eigenvalue weighted by Crippen LogP contribution is -2.29. The van der Waals surface area contributed by atoms with Gasteiger partial charge in [-0.3, -0.25) is 4.79 Å². The van der Waals surface area contributed by atoms with Crippen molar-refractivity contribution in [3.8, 4) is 0 Å². The van der Waals surface area contributed by atoms with E-state index in [4.69, 9.17) is 0 Å². The van der Waals surface area contributed by atoms with Gasteiger partial charge in [0.2, 0.25) is 5.91 Å². The SMILES string of the molecule is CCC(C)/C=C/CNC(=O)C1CCCC1.[HH]. The fourth-order valence-electron chi connectivity index (χ4n) is 1.93. The van der Waals surface area contributed by atoms with Crippen LogP contribution in [0.15, 0.2) is 12.2 Å². The predicted octanol–water partition coefficient (Wildman–Crippen LogP) is 3.14. The summed E-state index contributed by atoms with van der Waals surface area (Å²) in [4.78, 5) is 11.6. The molecule has 15 heavy (non-hydrogen) atoms. The summed E-state index contributed by atoms with van der Waals surface area (Å²) in [5.74, 6) is 1.16. The lowest BCUT2D eigenvalue weighted by molar-refractivity contribution is -0.124. The van der Waals surface area contributed by atoms with Gasteiger partial charge in [0.25, 0.3) is 0 Å². The number of hydrogen-bond acceptors (Lipinski definition) is 1.